The van der Waals surface area contributed by atoms with Crippen LogP contribution in [0, 0.1) is 6.92 Å². The third kappa shape index (κ3) is 4.58. The number of carbonyl (C=O) groups excluding carboxylic acids is 1. The van der Waals surface area contributed by atoms with Crippen molar-refractivity contribution in [1.82, 2.24) is 14.9 Å². The number of amides is 1. The van der Waals surface area contributed by atoms with E-state index in [9.17, 15) is 4.79 Å². The SMILES string of the molecule is CCOc1ccc(SCC(=O)NCCn2c(C)nc3ccccc32)cc1. The molecule has 0 aliphatic heterocycles. The van der Waals surface area contributed by atoms with Gasteiger partial charge in [0.1, 0.15) is 11.6 Å². The predicted octanol–water partition coefficient (Wildman–Crippen LogP) is 3.65. The maximum absolute atomic E-state index is 12.1. The van der Waals surface area contributed by atoms with Crippen LogP contribution in [0.15, 0.2) is 53.4 Å². The van der Waals surface area contributed by atoms with Crippen molar-refractivity contribution in [2.75, 3.05) is 18.9 Å². The van der Waals surface area contributed by atoms with Crippen LogP contribution in [0.2, 0.25) is 0 Å². The van der Waals surface area contributed by atoms with E-state index in [2.05, 4.69) is 20.9 Å². The Morgan fingerprint density at radius 2 is 1.96 bits per heavy atom. The molecule has 0 fully saturated rings. The molecule has 2 aromatic carbocycles. The summed E-state index contributed by atoms with van der Waals surface area (Å²) in [5.74, 6) is 2.25. The minimum atomic E-state index is 0.0333. The van der Waals surface area contributed by atoms with Gasteiger partial charge in [0.25, 0.3) is 0 Å². The molecular weight excluding hydrogens is 346 g/mol. The lowest BCUT2D eigenvalue weighted by Gasteiger charge is -2.09. The van der Waals surface area contributed by atoms with Gasteiger partial charge in [0, 0.05) is 18.0 Å². The highest BCUT2D eigenvalue weighted by atomic mass is 32.2. The molecule has 136 valence electrons. The second-order valence-electron chi connectivity index (χ2n) is 5.84. The standard InChI is InChI=1S/C20H23N3O2S/c1-3-25-16-8-10-17(11-9-16)26-14-20(24)21-12-13-23-15(2)22-18-6-4-5-7-19(18)23/h4-11H,3,12-14H2,1-2H3,(H,21,24). The summed E-state index contributed by atoms with van der Waals surface area (Å²) in [7, 11) is 0. The number of nitrogens with zero attached hydrogens (tertiary/aromatic N) is 2. The molecule has 1 amide bonds. The Morgan fingerprint density at radius 1 is 1.19 bits per heavy atom. The zero-order chi connectivity index (χ0) is 18.4. The van der Waals surface area contributed by atoms with Crippen molar-refractivity contribution in [3.8, 4) is 5.75 Å². The Morgan fingerprint density at radius 3 is 2.73 bits per heavy atom. The summed E-state index contributed by atoms with van der Waals surface area (Å²) in [5, 5.41) is 2.98. The van der Waals surface area contributed by atoms with Crippen molar-refractivity contribution in [1.29, 1.82) is 0 Å². The van der Waals surface area contributed by atoms with Gasteiger partial charge < -0.3 is 14.6 Å². The van der Waals surface area contributed by atoms with Crippen molar-refractivity contribution >= 4 is 28.7 Å². The highest BCUT2D eigenvalue weighted by molar-refractivity contribution is 8.00. The molecule has 0 saturated heterocycles. The van der Waals surface area contributed by atoms with Gasteiger partial charge in [-0.05, 0) is 50.2 Å². The normalized spacial score (nSPS) is 10.8. The smallest absolute Gasteiger partial charge is 0.230 e. The topological polar surface area (TPSA) is 56.1 Å². The van der Waals surface area contributed by atoms with Crippen LogP contribution in [-0.2, 0) is 11.3 Å². The van der Waals surface area contributed by atoms with Crippen molar-refractivity contribution in [3.05, 3.63) is 54.4 Å². The summed E-state index contributed by atoms with van der Waals surface area (Å²) in [6.07, 6.45) is 0. The van der Waals surface area contributed by atoms with Gasteiger partial charge in [-0.3, -0.25) is 4.79 Å². The molecule has 0 aliphatic carbocycles. The summed E-state index contributed by atoms with van der Waals surface area (Å²) in [4.78, 5) is 17.7. The maximum Gasteiger partial charge on any atom is 0.230 e. The summed E-state index contributed by atoms with van der Waals surface area (Å²) < 4.78 is 7.55. The average Bonchev–Trinajstić information content (AvgIpc) is 2.97. The lowest BCUT2D eigenvalue weighted by atomic mass is 10.3. The molecule has 1 N–H and O–H groups in total. The van der Waals surface area contributed by atoms with Gasteiger partial charge in [0.2, 0.25) is 5.91 Å². The lowest BCUT2D eigenvalue weighted by molar-refractivity contribution is -0.118. The lowest BCUT2D eigenvalue weighted by Crippen LogP contribution is -2.28. The summed E-state index contributed by atoms with van der Waals surface area (Å²) in [6, 6.07) is 15.9. The number of benzene rings is 2. The zero-order valence-electron chi connectivity index (χ0n) is 15.1. The first kappa shape index (κ1) is 18.3. The molecule has 0 spiro atoms. The fraction of sp³-hybridized carbons (Fsp3) is 0.300. The third-order valence-corrected chi connectivity index (χ3v) is 5.02. The number of rotatable bonds is 8. The molecular formula is C20H23N3O2S. The molecule has 0 atom stereocenters. The van der Waals surface area contributed by atoms with Gasteiger partial charge in [-0.2, -0.15) is 0 Å². The van der Waals surface area contributed by atoms with Crippen LogP contribution in [0.3, 0.4) is 0 Å². The van der Waals surface area contributed by atoms with Gasteiger partial charge in [-0.1, -0.05) is 12.1 Å². The monoisotopic (exact) mass is 369 g/mol. The van der Waals surface area contributed by atoms with Gasteiger partial charge >= 0.3 is 0 Å². The van der Waals surface area contributed by atoms with Crippen LogP contribution in [-0.4, -0.2) is 34.4 Å². The molecule has 0 aliphatic rings. The number of para-hydroxylation sites is 2. The van der Waals surface area contributed by atoms with Crippen molar-refractivity contribution in [2.45, 2.75) is 25.3 Å². The maximum atomic E-state index is 12.1. The first-order valence-electron chi connectivity index (χ1n) is 8.71. The van der Waals surface area contributed by atoms with Crippen molar-refractivity contribution < 1.29 is 9.53 Å². The van der Waals surface area contributed by atoms with E-state index in [0.717, 1.165) is 27.5 Å². The first-order chi connectivity index (χ1) is 12.7. The minimum Gasteiger partial charge on any atom is -0.494 e. The number of hydrogen-bond donors (Lipinski definition) is 1. The number of nitrogens with one attached hydrogen (secondary N) is 1. The largest absolute Gasteiger partial charge is 0.494 e. The molecule has 5 nitrogen and oxygen atoms in total. The highest BCUT2D eigenvalue weighted by Crippen LogP contribution is 2.21. The first-order valence-corrected chi connectivity index (χ1v) is 9.70. The number of fused-ring (bicyclic) bond motifs is 1. The summed E-state index contributed by atoms with van der Waals surface area (Å²) in [6.45, 7) is 5.90. The molecule has 3 aromatic rings. The summed E-state index contributed by atoms with van der Waals surface area (Å²) in [5.41, 5.74) is 2.09. The highest BCUT2D eigenvalue weighted by Gasteiger charge is 2.07. The number of hydrogen-bond acceptors (Lipinski definition) is 4. The second-order valence-corrected chi connectivity index (χ2v) is 6.89. The quantitative estimate of drug-likeness (QED) is 0.616. The van der Waals surface area contributed by atoms with E-state index in [4.69, 9.17) is 4.74 Å². The van der Waals surface area contributed by atoms with Crippen molar-refractivity contribution in [3.63, 3.8) is 0 Å². The van der Waals surface area contributed by atoms with Crippen LogP contribution in [0.4, 0.5) is 0 Å². The van der Waals surface area contributed by atoms with E-state index in [0.29, 0.717) is 25.4 Å². The minimum absolute atomic E-state index is 0.0333. The second kappa shape index (κ2) is 8.76. The zero-order valence-corrected chi connectivity index (χ0v) is 15.9. The average molecular weight is 369 g/mol. The Labute approximate surface area is 157 Å². The molecule has 0 radical (unpaired) electrons. The van der Waals surface area contributed by atoms with Crippen LogP contribution < -0.4 is 10.1 Å². The Balaban J connectivity index is 1.46. The Kier molecular flexibility index (Phi) is 6.17. The molecule has 6 heteroatoms. The van der Waals surface area contributed by atoms with E-state index in [-0.39, 0.29) is 5.91 Å². The number of ether oxygens (including phenoxy) is 1. The predicted molar refractivity (Wildman–Crippen MR) is 106 cm³/mol. The van der Waals surface area contributed by atoms with Gasteiger partial charge in [0.05, 0.1) is 23.4 Å². The fourth-order valence-corrected chi connectivity index (χ4v) is 3.51. The third-order valence-electron chi connectivity index (χ3n) is 4.01. The molecule has 1 heterocycles. The van der Waals surface area contributed by atoms with Gasteiger partial charge in [-0.15, -0.1) is 11.8 Å². The molecule has 0 saturated carbocycles. The number of imidazole rings is 1. The van der Waals surface area contributed by atoms with Crippen LogP contribution >= 0.6 is 11.8 Å². The molecule has 26 heavy (non-hydrogen) atoms. The fourth-order valence-electron chi connectivity index (χ4n) is 2.78. The van der Waals surface area contributed by atoms with Gasteiger partial charge in [0.15, 0.2) is 0 Å². The summed E-state index contributed by atoms with van der Waals surface area (Å²) >= 11 is 1.52. The number of carbonyl (C=O) groups is 1. The van der Waals surface area contributed by atoms with Gasteiger partial charge in [-0.25, -0.2) is 4.98 Å². The van der Waals surface area contributed by atoms with E-state index in [1.807, 2.05) is 56.3 Å². The number of aromatic nitrogens is 2. The molecule has 0 bridgehead atoms. The number of thioether (sulfide) groups is 1. The van der Waals surface area contributed by atoms with E-state index in [1.54, 1.807) is 0 Å². The molecule has 3 rings (SSSR count). The number of aryl methyl sites for hydroxylation is 1. The molecule has 0 unspecified atom stereocenters. The molecule has 1 aromatic heterocycles. The van der Waals surface area contributed by atoms with E-state index in [1.165, 1.54) is 11.8 Å². The Hall–Kier alpha value is -2.47. The van der Waals surface area contributed by atoms with E-state index < -0.39 is 0 Å². The Bertz CT molecular complexity index is 874. The van der Waals surface area contributed by atoms with Crippen molar-refractivity contribution in [2.24, 2.45) is 0 Å². The van der Waals surface area contributed by atoms with Crippen LogP contribution in [0.5, 0.6) is 5.75 Å². The van der Waals surface area contributed by atoms with E-state index >= 15 is 0 Å². The van der Waals surface area contributed by atoms with Crippen LogP contribution in [0.1, 0.15) is 12.7 Å². The van der Waals surface area contributed by atoms with Crippen LogP contribution in [0.25, 0.3) is 11.0 Å².